The van der Waals surface area contributed by atoms with Crippen LogP contribution in [0.2, 0.25) is 0 Å². The Morgan fingerprint density at radius 1 is 1.16 bits per heavy atom. The highest BCUT2D eigenvalue weighted by molar-refractivity contribution is 5.73. The monoisotopic (exact) mass is 450 g/mol. The molecule has 2 aromatic heterocycles. The summed E-state index contributed by atoms with van der Waals surface area (Å²) in [6.07, 6.45) is -1.63. The van der Waals surface area contributed by atoms with Gasteiger partial charge in [-0.15, -0.1) is 0 Å². The lowest BCUT2D eigenvalue weighted by Gasteiger charge is -2.33. The molecule has 1 N–H and O–H groups in total. The number of alkyl halides is 3. The lowest BCUT2D eigenvalue weighted by Crippen LogP contribution is -2.39. The zero-order valence-corrected chi connectivity index (χ0v) is 17.7. The molecule has 0 spiro atoms. The summed E-state index contributed by atoms with van der Waals surface area (Å²) < 4.78 is 44.7. The number of carbonyl (C=O) groups excluding carboxylic acids is 1. The molecule has 2 aliphatic rings. The van der Waals surface area contributed by atoms with Crippen LogP contribution in [0.1, 0.15) is 36.9 Å². The van der Waals surface area contributed by atoms with Crippen molar-refractivity contribution >= 4 is 23.5 Å². The van der Waals surface area contributed by atoms with E-state index < -0.39 is 11.7 Å². The first-order valence-corrected chi connectivity index (χ1v) is 10.6. The second-order valence-corrected chi connectivity index (χ2v) is 7.93. The van der Waals surface area contributed by atoms with Crippen LogP contribution in [0.5, 0.6) is 0 Å². The summed E-state index contributed by atoms with van der Waals surface area (Å²) in [6, 6.07) is 3.61. The van der Waals surface area contributed by atoms with Gasteiger partial charge in [-0.2, -0.15) is 18.2 Å². The first kappa shape index (κ1) is 22.3. The van der Waals surface area contributed by atoms with Crippen molar-refractivity contribution < 1.29 is 22.7 Å². The van der Waals surface area contributed by atoms with Crippen LogP contribution in [-0.4, -0.2) is 65.2 Å². The van der Waals surface area contributed by atoms with Crippen molar-refractivity contribution in [3.63, 3.8) is 0 Å². The Morgan fingerprint density at radius 3 is 2.66 bits per heavy atom. The van der Waals surface area contributed by atoms with Crippen molar-refractivity contribution in [3.05, 3.63) is 35.7 Å². The molecule has 172 valence electrons. The summed E-state index contributed by atoms with van der Waals surface area (Å²) in [7, 11) is 0. The van der Waals surface area contributed by atoms with Gasteiger partial charge in [0.2, 0.25) is 11.9 Å². The largest absolute Gasteiger partial charge is 0.416 e. The zero-order valence-electron chi connectivity index (χ0n) is 17.7. The third-order valence-electron chi connectivity index (χ3n) is 5.66. The molecule has 0 bridgehead atoms. The number of rotatable bonds is 4. The van der Waals surface area contributed by atoms with E-state index in [1.165, 1.54) is 0 Å². The molecule has 1 amide bonds. The highest BCUT2D eigenvalue weighted by Gasteiger charge is 2.31. The Bertz CT molecular complexity index is 965. The second-order valence-electron chi connectivity index (χ2n) is 7.93. The van der Waals surface area contributed by atoms with E-state index in [1.54, 1.807) is 17.9 Å². The van der Waals surface area contributed by atoms with Crippen molar-refractivity contribution in [2.45, 2.75) is 31.9 Å². The van der Waals surface area contributed by atoms with Gasteiger partial charge in [-0.25, -0.2) is 9.97 Å². The van der Waals surface area contributed by atoms with E-state index in [4.69, 9.17) is 9.72 Å². The first-order valence-electron chi connectivity index (χ1n) is 10.6. The van der Waals surface area contributed by atoms with Gasteiger partial charge in [-0.1, -0.05) is 0 Å². The van der Waals surface area contributed by atoms with Gasteiger partial charge in [-0.05, 0) is 25.0 Å². The van der Waals surface area contributed by atoms with Crippen molar-refractivity contribution in [3.8, 4) is 0 Å². The third-order valence-corrected chi connectivity index (χ3v) is 5.66. The Labute approximate surface area is 183 Å². The van der Waals surface area contributed by atoms with E-state index in [1.807, 2.05) is 4.90 Å². The molecule has 4 rings (SSSR count). The number of carbonyl (C=O) groups is 1. The molecule has 8 nitrogen and oxygen atoms in total. The second kappa shape index (κ2) is 9.27. The Morgan fingerprint density at radius 2 is 1.94 bits per heavy atom. The molecule has 2 saturated heterocycles. The number of amides is 1. The molecule has 0 saturated carbocycles. The van der Waals surface area contributed by atoms with Gasteiger partial charge in [0, 0.05) is 51.3 Å². The van der Waals surface area contributed by atoms with Crippen LogP contribution in [0.25, 0.3) is 0 Å². The molecular formula is C21H25F3N6O2. The van der Waals surface area contributed by atoms with Crippen molar-refractivity contribution in [2.24, 2.45) is 0 Å². The molecule has 2 aliphatic heterocycles. The number of morpholine rings is 1. The standard InChI is InChI=1S/C21H25F3N6O2/c1-14(31)30-6-2-3-15(13-30)17-12-19(28-20(26-17)29-7-9-32-10-8-29)27-18-11-16(4-5-25-18)21(22,23)24/h4-5,11-12,15H,2-3,6-10,13H2,1H3,(H,25,26,27,28). The topological polar surface area (TPSA) is 83.5 Å². The zero-order chi connectivity index (χ0) is 22.7. The van der Waals surface area contributed by atoms with Gasteiger partial charge in [0.05, 0.1) is 24.5 Å². The van der Waals surface area contributed by atoms with Gasteiger partial charge in [0.15, 0.2) is 0 Å². The van der Waals surface area contributed by atoms with Crippen LogP contribution in [0, 0.1) is 0 Å². The number of ether oxygens (including phenoxy) is 1. The quantitative estimate of drug-likeness (QED) is 0.766. The molecule has 0 aromatic carbocycles. The molecule has 1 atom stereocenters. The minimum Gasteiger partial charge on any atom is -0.378 e. The van der Waals surface area contributed by atoms with Crippen LogP contribution < -0.4 is 10.2 Å². The summed E-state index contributed by atoms with van der Waals surface area (Å²) in [4.78, 5) is 29.0. The Hall–Kier alpha value is -2.95. The maximum absolute atomic E-state index is 13.1. The predicted octanol–water partition coefficient (Wildman–Crippen LogP) is 3.20. The maximum atomic E-state index is 13.1. The summed E-state index contributed by atoms with van der Waals surface area (Å²) in [6.45, 7) is 5.15. The summed E-state index contributed by atoms with van der Waals surface area (Å²) in [5.74, 6) is 0.934. The Kier molecular flexibility index (Phi) is 6.45. The van der Waals surface area contributed by atoms with E-state index in [0.29, 0.717) is 51.2 Å². The number of anilines is 3. The van der Waals surface area contributed by atoms with Crippen LogP contribution in [0.15, 0.2) is 24.4 Å². The number of aromatic nitrogens is 3. The molecule has 0 aliphatic carbocycles. The van der Waals surface area contributed by atoms with Gasteiger partial charge in [0.1, 0.15) is 11.6 Å². The van der Waals surface area contributed by atoms with Gasteiger partial charge >= 0.3 is 6.18 Å². The number of likely N-dealkylation sites (tertiary alicyclic amines) is 1. The number of halogens is 3. The summed E-state index contributed by atoms with van der Waals surface area (Å²) in [5, 5.41) is 2.91. The normalized spacial score (nSPS) is 19.7. The maximum Gasteiger partial charge on any atom is 0.416 e. The summed E-state index contributed by atoms with van der Waals surface area (Å²) >= 11 is 0. The minimum atomic E-state index is -4.46. The fraction of sp³-hybridized carbons (Fsp3) is 0.524. The Balaban J connectivity index is 1.65. The fourth-order valence-corrected chi connectivity index (χ4v) is 3.94. The third kappa shape index (κ3) is 5.26. The van der Waals surface area contributed by atoms with Gasteiger partial charge < -0.3 is 19.9 Å². The van der Waals surface area contributed by atoms with Crippen molar-refractivity contribution in [2.75, 3.05) is 49.6 Å². The first-order chi connectivity index (χ1) is 15.3. The highest BCUT2D eigenvalue weighted by Crippen LogP contribution is 2.32. The van der Waals surface area contributed by atoms with E-state index in [-0.39, 0.29) is 17.6 Å². The molecule has 2 fully saturated rings. The predicted molar refractivity (Wildman–Crippen MR) is 112 cm³/mol. The highest BCUT2D eigenvalue weighted by atomic mass is 19.4. The number of nitrogens with one attached hydrogen (secondary N) is 1. The smallest absolute Gasteiger partial charge is 0.378 e. The number of hydrogen-bond donors (Lipinski definition) is 1. The van der Waals surface area contributed by atoms with Crippen molar-refractivity contribution in [1.82, 2.24) is 19.9 Å². The lowest BCUT2D eigenvalue weighted by molar-refractivity contribution is -0.137. The number of hydrogen-bond acceptors (Lipinski definition) is 7. The minimum absolute atomic E-state index is 0.0173. The van der Waals surface area contributed by atoms with Gasteiger partial charge in [0.25, 0.3) is 0 Å². The molecule has 4 heterocycles. The summed E-state index contributed by atoms with van der Waals surface area (Å²) in [5.41, 5.74) is -0.0380. The average Bonchev–Trinajstić information content (AvgIpc) is 2.79. The molecule has 1 unspecified atom stereocenters. The van der Waals surface area contributed by atoms with E-state index >= 15 is 0 Å². The van der Waals surface area contributed by atoms with E-state index in [2.05, 4.69) is 15.3 Å². The van der Waals surface area contributed by atoms with Crippen LogP contribution in [0.4, 0.5) is 30.8 Å². The molecule has 0 radical (unpaired) electrons. The fourth-order valence-electron chi connectivity index (χ4n) is 3.94. The van der Waals surface area contributed by atoms with Crippen LogP contribution in [0.3, 0.4) is 0 Å². The molecule has 32 heavy (non-hydrogen) atoms. The molecular weight excluding hydrogens is 425 g/mol. The average molecular weight is 450 g/mol. The lowest BCUT2D eigenvalue weighted by atomic mass is 9.94. The van der Waals surface area contributed by atoms with Crippen molar-refractivity contribution in [1.29, 1.82) is 0 Å². The molecule has 11 heteroatoms. The number of pyridine rings is 1. The molecule has 2 aromatic rings. The van der Waals surface area contributed by atoms with E-state index in [0.717, 1.165) is 36.9 Å². The number of piperidine rings is 1. The number of nitrogens with zero attached hydrogens (tertiary/aromatic N) is 5. The van der Waals surface area contributed by atoms with Gasteiger partial charge in [-0.3, -0.25) is 4.79 Å². The van der Waals surface area contributed by atoms with Crippen LogP contribution in [-0.2, 0) is 15.7 Å². The SMILES string of the molecule is CC(=O)N1CCCC(c2cc(Nc3cc(C(F)(F)F)ccn3)nc(N3CCOCC3)n2)C1. The van der Waals surface area contributed by atoms with E-state index in [9.17, 15) is 18.0 Å². The van der Waals surface area contributed by atoms with Crippen LogP contribution >= 0.6 is 0 Å².